The maximum atomic E-state index is 13.9. The van der Waals surface area contributed by atoms with E-state index in [4.69, 9.17) is 0 Å². The largest absolute Gasteiger partial charge is 0.312 e. The van der Waals surface area contributed by atoms with Gasteiger partial charge >= 0.3 is 0 Å². The number of carbonyl (C=O) groups excluding carboxylic acids is 1. The third-order valence-corrected chi connectivity index (χ3v) is 6.50. The highest BCUT2D eigenvalue weighted by Crippen LogP contribution is 2.36. The van der Waals surface area contributed by atoms with Gasteiger partial charge in [-0.3, -0.25) is 9.59 Å². The van der Waals surface area contributed by atoms with Crippen LogP contribution in [0, 0.1) is 5.82 Å². The molecule has 1 atom stereocenters. The molecule has 1 N–H and O–H groups in total. The summed E-state index contributed by atoms with van der Waals surface area (Å²) in [5, 5.41) is 3.24. The van der Waals surface area contributed by atoms with Gasteiger partial charge in [0.25, 0.3) is 5.56 Å². The monoisotopic (exact) mass is 473 g/mol. The Morgan fingerprint density at radius 1 is 1.21 bits per heavy atom. The van der Waals surface area contributed by atoms with Crippen molar-refractivity contribution in [3.05, 3.63) is 85.9 Å². The van der Waals surface area contributed by atoms with E-state index in [1.807, 2.05) is 24.3 Å². The number of hydrogen-bond acceptors (Lipinski definition) is 4. The Bertz CT molecular complexity index is 1150. The van der Waals surface area contributed by atoms with Crippen LogP contribution in [-0.4, -0.2) is 15.5 Å². The number of nitrogens with zero attached hydrogens (tertiary/aromatic N) is 2. The lowest BCUT2D eigenvalue weighted by molar-refractivity contribution is -0.116. The van der Waals surface area contributed by atoms with Gasteiger partial charge in [-0.25, -0.2) is 4.39 Å². The van der Waals surface area contributed by atoms with Crippen LogP contribution in [0.4, 0.5) is 10.2 Å². The van der Waals surface area contributed by atoms with Crippen molar-refractivity contribution >= 4 is 39.4 Å². The lowest BCUT2D eigenvalue weighted by atomic mass is 9.87. The van der Waals surface area contributed by atoms with Crippen LogP contribution in [-0.2, 0) is 17.6 Å². The minimum atomic E-state index is -0.373. The Balaban J connectivity index is 1.72. The van der Waals surface area contributed by atoms with Crippen LogP contribution in [0.2, 0.25) is 0 Å². The van der Waals surface area contributed by atoms with E-state index in [-0.39, 0.29) is 29.6 Å². The smallest absolute Gasteiger partial charge is 0.279 e. The van der Waals surface area contributed by atoms with Gasteiger partial charge in [-0.2, -0.15) is 4.98 Å². The summed E-state index contributed by atoms with van der Waals surface area (Å²) in [5.74, 6) is -0.0346. The van der Waals surface area contributed by atoms with Crippen molar-refractivity contribution in [2.45, 2.75) is 23.2 Å². The van der Waals surface area contributed by atoms with Crippen molar-refractivity contribution in [1.82, 2.24) is 9.55 Å². The Kier molecular flexibility index (Phi) is 5.56. The third-order valence-electron chi connectivity index (χ3n) is 4.89. The number of halogens is 2. The zero-order chi connectivity index (χ0) is 20.5. The van der Waals surface area contributed by atoms with Gasteiger partial charge in [-0.05, 0) is 29.3 Å². The van der Waals surface area contributed by atoms with E-state index in [9.17, 15) is 14.0 Å². The van der Waals surface area contributed by atoms with Gasteiger partial charge < -0.3 is 9.88 Å². The van der Waals surface area contributed by atoms with E-state index in [0.29, 0.717) is 27.9 Å². The fourth-order valence-corrected chi connectivity index (χ4v) is 4.62. The van der Waals surface area contributed by atoms with Crippen LogP contribution in [0.25, 0.3) is 0 Å². The lowest BCUT2D eigenvalue weighted by Crippen LogP contribution is -2.33. The van der Waals surface area contributed by atoms with Crippen molar-refractivity contribution in [1.29, 1.82) is 0 Å². The van der Waals surface area contributed by atoms with Crippen LogP contribution >= 0.6 is 27.7 Å². The SMILES string of the molecule is Cn1c(SCc2ccccc2F)nc(=O)c2c1NC(=O)CC2c1ccc(Br)cc1. The van der Waals surface area contributed by atoms with Gasteiger partial charge in [0.1, 0.15) is 11.6 Å². The molecular weight excluding hydrogens is 457 g/mol. The first-order chi connectivity index (χ1) is 13.9. The average Bonchev–Trinajstić information content (AvgIpc) is 2.70. The summed E-state index contributed by atoms with van der Waals surface area (Å²) in [4.78, 5) is 29.5. The molecule has 0 radical (unpaired) electrons. The van der Waals surface area contributed by atoms with Gasteiger partial charge in [0.2, 0.25) is 5.91 Å². The molecule has 1 unspecified atom stereocenters. The Morgan fingerprint density at radius 3 is 2.66 bits per heavy atom. The number of anilines is 1. The molecule has 1 aromatic heterocycles. The van der Waals surface area contributed by atoms with E-state index in [1.165, 1.54) is 17.8 Å². The number of fused-ring (bicyclic) bond motifs is 1. The second kappa shape index (κ2) is 8.12. The zero-order valence-corrected chi connectivity index (χ0v) is 17.9. The van der Waals surface area contributed by atoms with Crippen molar-refractivity contribution in [2.24, 2.45) is 7.05 Å². The zero-order valence-electron chi connectivity index (χ0n) is 15.5. The van der Waals surface area contributed by atoms with Crippen molar-refractivity contribution < 1.29 is 9.18 Å². The molecule has 3 aromatic rings. The summed E-state index contributed by atoms with van der Waals surface area (Å²) >= 11 is 4.66. The normalized spacial score (nSPS) is 15.7. The topological polar surface area (TPSA) is 64.0 Å². The fourth-order valence-electron chi connectivity index (χ4n) is 3.40. The standard InChI is InChI=1S/C21H17BrFN3O2S/c1-26-19-18(15(10-17(27)24-19)12-6-8-14(22)9-7-12)20(28)25-21(26)29-11-13-4-2-3-5-16(13)23/h2-9,15H,10-11H2,1H3,(H,24,27). The van der Waals surface area contributed by atoms with Crippen LogP contribution in [0.3, 0.4) is 0 Å². The molecule has 0 aliphatic carbocycles. The van der Waals surface area contributed by atoms with E-state index in [0.717, 1.165) is 10.0 Å². The van der Waals surface area contributed by atoms with Gasteiger partial charge in [-0.1, -0.05) is 58.0 Å². The minimum Gasteiger partial charge on any atom is -0.312 e. The molecule has 1 aliphatic heterocycles. The number of carbonyl (C=O) groups is 1. The summed E-state index contributed by atoms with van der Waals surface area (Å²) in [6.07, 6.45) is 0.188. The quantitative estimate of drug-likeness (QED) is 0.449. The van der Waals surface area contributed by atoms with Crippen molar-refractivity contribution in [2.75, 3.05) is 5.32 Å². The number of nitrogens with one attached hydrogen (secondary N) is 1. The Labute approximate surface area is 179 Å². The Morgan fingerprint density at radius 2 is 1.93 bits per heavy atom. The molecule has 0 spiro atoms. The van der Waals surface area contributed by atoms with Gasteiger partial charge in [0.05, 0.1) is 5.56 Å². The lowest BCUT2D eigenvalue weighted by Gasteiger charge is -2.27. The molecule has 0 bridgehead atoms. The predicted molar refractivity (Wildman–Crippen MR) is 115 cm³/mol. The molecule has 1 aliphatic rings. The van der Waals surface area contributed by atoms with Gasteiger partial charge in [0.15, 0.2) is 5.16 Å². The first-order valence-electron chi connectivity index (χ1n) is 8.96. The molecule has 0 saturated heterocycles. The number of rotatable bonds is 4. The number of amides is 1. The predicted octanol–water partition coefficient (Wildman–Crippen LogP) is 4.45. The van der Waals surface area contributed by atoms with Crippen molar-refractivity contribution in [3.8, 4) is 0 Å². The van der Waals surface area contributed by atoms with E-state index in [1.54, 1.807) is 29.8 Å². The number of aromatic nitrogens is 2. The first-order valence-corrected chi connectivity index (χ1v) is 10.7. The summed E-state index contributed by atoms with van der Waals surface area (Å²) in [6, 6.07) is 14.1. The van der Waals surface area contributed by atoms with E-state index in [2.05, 4.69) is 26.2 Å². The number of benzene rings is 2. The Hall–Kier alpha value is -2.45. The molecular formula is C21H17BrFN3O2S. The second-order valence-corrected chi connectivity index (χ2v) is 8.62. The molecule has 29 heavy (non-hydrogen) atoms. The number of thioether (sulfide) groups is 1. The molecule has 8 heteroatoms. The third kappa shape index (κ3) is 4.00. The maximum Gasteiger partial charge on any atom is 0.279 e. The highest BCUT2D eigenvalue weighted by atomic mass is 79.9. The molecule has 148 valence electrons. The highest BCUT2D eigenvalue weighted by Gasteiger charge is 2.32. The second-order valence-electron chi connectivity index (χ2n) is 6.76. The van der Waals surface area contributed by atoms with Gasteiger partial charge in [-0.15, -0.1) is 0 Å². The summed E-state index contributed by atoms with van der Waals surface area (Å²) in [6.45, 7) is 0. The van der Waals surface area contributed by atoms with E-state index < -0.39 is 0 Å². The molecule has 2 heterocycles. The molecule has 0 saturated carbocycles. The molecule has 1 amide bonds. The van der Waals surface area contributed by atoms with Crippen LogP contribution in [0.1, 0.15) is 29.0 Å². The first kappa shape index (κ1) is 19.8. The fraction of sp³-hybridized carbons (Fsp3) is 0.190. The number of hydrogen-bond donors (Lipinski definition) is 1. The van der Waals surface area contributed by atoms with Crippen LogP contribution < -0.4 is 10.9 Å². The van der Waals surface area contributed by atoms with Crippen LogP contribution in [0.15, 0.2) is 63.0 Å². The highest BCUT2D eigenvalue weighted by molar-refractivity contribution is 9.10. The summed E-state index contributed by atoms with van der Waals surface area (Å²) in [5.41, 5.74) is 1.52. The van der Waals surface area contributed by atoms with Crippen LogP contribution in [0.5, 0.6) is 0 Å². The van der Waals surface area contributed by atoms with Crippen molar-refractivity contribution in [3.63, 3.8) is 0 Å². The molecule has 5 nitrogen and oxygen atoms in total. The molecule has 0 fully saturated rings. The average molecular weight is 474 g/mol. The summed E-state index contributed by atoms with van der Waals surface area (Å²) < 4.78 is 16.5. The van der Waals surface area contributed by atoms with Gasteiger partial charge in [0, 0.05) is 29.6 Å². The summed E-state index contributed by atoms with van der Waals surface area (Å²) in [7, 11) is 1.75. The molecule has 2 aromatic carbocycles. The molecule has 4 rings (SSSR count). The van der Waals surface area contributed by atoms with E-state index >= 15 is 0 Å². The minimum absolute atomic E-state index is 0.156. The maximum absolute atomic E-state index is 13.9.